The van der Waals surface area contributed by atoms with Crippen molar-refractivity contribution < 1.29 is 22.4 Å². The highest BCUT2D eigenvalue weighted by atomic mass is 32.2. The van der Waals surface area contributed by atoms with Gasteiger partial charge in [0.25, 0.3) is 0 Å². The van der Waals surface area contributed by atoms with E-state index in [0.717, 1.165) is 39.8 Å². The van der Waals surface area contributed by atoms with Crippen LogP contribution in [0, 0.1) is 6.92 Å². The maximum Gasteiger partial charge on any atom is 0.227 e. The van der Waals surface area contributed by atoms with E-state index in [0.29, 0.717) is 19.6 Å². The summed E-state index contributed by atoms with van der Waals surface area (Å²) in [6, 6.07) is 13.2. The summed E-state index contributed by atoms with van der Waals surface area (Å²) in [6.07, 6.45) is 3.20. The van der Waals surface area contributed by atoms with Crippen molar-refractivity contribution in [2.24, 2.45) is 0 Å². The summed E-state index contributed by atoms with van der Waals surface area (Å²) in [5.74, 6) is 0.834. The molecule has 0 spiro atoms. The van der Waals surface area contributed by atoms with Crippen molar-refractivity contribution >= 4 is 26.7 Å². The Balaban J connectivity index is 1.56. The summed E-state index contributed by atoms with van der Waals surface area (Å²) >= 11 is 0. The SMILES string of the molecule is CCCOc1ccc(CN(C(=O)Cc2coc3ccc(C)cc23)C2CCS(=O)(=O)C2)cc1. The number of rotatable bonds is 8. The van der Waals surface area contributed by atoms with Gasteiger partial charge in [-0.15, -0.1) is 0 Å². The summed E-state index contributed by atoms with van der Waals surface area (Å²) in [5, 5.41) is 0.926. The van der Waals surface area contributed by atoms with Crippen LogP contribution in [0.1, 0.15) is 36.5 Å². The molecule has 0 radical (unpaired) electrons. The number of hydrogen-bond acceptors (Lipinski definition) is 5. The summed E-state index contributed by atoms with van der Waals surface area (Å²) < 4.78 is 35.5. The minimum atomic E-state index is -3.12. The van der Waals surface area contributed by atoms with Crippen LogP contribution in [-0.2, 0) is 27.6 Å². The Morgan fingerprint density at radius 1 is 1.19 bits per heavy atom. The van der Waals surface area contributed by atoms with Crippen molar-refractivity contribution in [2.45, 2.75) is 45.7 Å². The predicted octanol–water partition coefficient (Wildman–Crippen LogP) is 4.29. The molecule has 1 aliphatic rings. The highest BCUT2D eigenvalue weighted by Gasteiger charge is 2.34. The van der Waals surface area contributed by atoms with Crippen molar-refractivity contribution in [1.82, 2.24) is 4.90 Å². The topological polar surface area (TPSA) is 76.8 Å². The molecule has 1 unspecified atom stereocenters. The van der Waals surface area contributed by atoms with Gasteiger partial charge in [-0.2, -0.15) is 0 Å². The third-order valence-electron chi connectivity index (χ3n) is 5.87. The number of aryl methyl sites for hydroxylation is 1. The smallest absolute Gasteiger partial charge is 0.227 e. The van der Waals surface area contributed by atoms with E-state index < -0.39 is 9.84 Å². The Morgan fingerprint density at radius 3 is 2.66 bits per heavy atom. The lowest BCUT2D eigenvalue weighted by molar-refractivity contribution is -0.133. The number of carbonyl (C=O) groups is 1. The van der Waals surface area contributed by atoms with Crippen LogP contribution in [-0.4, -0.2) is 43.4 Å². The van der Waals surface area contributed by atoms with Crippen LogP contribution >= 0.6 is 0 Å². The lowest BCUT2D eigenvalue weighted by atomic mass is 10.1. The average Bonchev–Trinajstić information content (AvgIpc) is 3.33. The lowest BCUT2D eigenvalue weighted by Crippen LogP contribution is -2.41. The van der Waals surface area contributed by atoms with E-state index in [1.54, 1.807) is 11.2 Å². The van der Waals surface area contributed by atoms with E-state index >= 15 is 0 Å². The fraction of sp³-hybridized carbons (Fsp3) is 0.400. The van der Waals surface area contributed by atoms with Gasteiger partial charge in [-0.25, -0.2) is 8.42 Å². The first-order valence-electron chi connectivity index (χ1n) is 11.0. The largest absolute Gasteiger partial charge is 0.494 e. The number of ether oxygens (including phenoxy) is 1. The Kier molecular flexibility index (Phi) is 6.55. The molecule has 1 aliphatic heterocycles. The van der Waals surface area contributed by atoms with Crippen molar-refractivity contribution in [2.75, 3.05) is 18.1 Å². The molecule has 3 aromatic rings. The van der Waals surface area contributed by atoms with Crippen LogP contribution in [0.4, 0.5) is 0 Å². The molecule has 0 saturated carbocycles. The standard InChI is InChI=1S/C25H29NO5S/c1-3-11-30-22-7-5-19(6-8-22)15-26(21-10-12-32(28,29)17-21)25(27)14-20-16-31-24-9-4-18(2)13-23(20)24/h4-9,13,16,21H,3,10-12,14-15,17H2,1-2H3. The number of nitrogens with zero attached hydrogens (tertiary/aromatic N) is 1. The van der Waals surface area contributed by atoms with Crippen LogP contribution in [0.2, 0.25) is 0 Å². The van der Waals surface area contributed by atoms with Gasteiger partial charge < -0.3 is 14.1 Å². The second kappa shape index (κ2) is 9.36. The number of fused-ring (bicyclic) bond motifs is 1. The zero-order valence-electron chi connectivity index (χ0n) is 18.5. The zero-order valence-corrected chi connectivity index (χ0v) is 19.4. The summed E-state index contributed by atoms with van der Waals surface area (Å²) in [4.78, 5) is 15.1. The zero-order chi connectivity index (χ0) is 22.7. The van der Waals surface area contributed by atoms with Crippen LogP contribution in [0.3, 0.4) is 0 Å². The molecule has 32 heavy (non-hydrogen) atoms. The van der Waals surface area contributed by atoms with E-state index in [2.05, 4.69) is 6.92 Å². The molecule has 1 amide bonds. The summed E-state index contributed by atoms with van der Waals surface area (Å²) in [7, 11) is -3.12. The van der Waals surface area contributed by atoms with E-state index in [-0.39, 0.29) is 29.9 Å². The Labute approximate surface area is 189 Å². The molecule has 1 atom stereocenters. The van der Waals surface area contributed by atoms with Crippen molar-refractivity contribution in [3.05, 3.63) is 65.4 Å². The molecule has 1 saturated heterocycles. The quantitative estimate of drug-likeness (QED) is 0.506. The molecule has 2 heterocycles. The molecular formula is C25H29NO5S. The fourth-order valence-electron chi connectivity index (χ4n) is 4.15. The van der Waals surface area contributed by atoms with Crippen molar-refractivity contribution in [3.8, 4) is 5.75 Å². The molecular weight excluding hydrogens is 426 g/mol. The van der Waals surface area contributed by atoms with Gasteiger partial charge in [0.15, 0.2) is 9.84 Å². The lowest BCUT2D eigenvalue weighted by Gasteiger charge is -2.28. The molecule has 0 N–H and O–H groups in total. The number of furan rings is 1. The van der Waals surface area contributed by atoms with Crippen molar-refractivity contribution in [3.63, 3.8) is 0 Å². The normalized spacial score (nSPS) is 17.5. The molecule has 0 bridgehead atoms. The number of carbonyl (C=O) groups excluding carboxylic acids is 1. The molecule has 0 aliphatic carbocycles. The number of benzene rings is 2. The molecule has 2 aromatic carbocycles. The van der Waals surface area contributed by atoms with Gasteiger partial charge in [0.05, 0.1) is 30.8 Å². The first-order valence-corrected chi connectivity index (χ1v) is 12.8. The van der Waals surface area contributed by atoms with Crippen LogP contribution in [0.15, 0.2) is 53.1 Å². The molecule has 7 heteroatoms. The molecule has 1 aromatic heterocycles. The van der Waals surface area contributed by atoms with Gasteiger partial charge in [-0.3, -0.25) is 4.79 Å². The monoisotopic (exact) mass is 455 g/mol. The highest BCUT2D eigenvalue weighted by Crippen LogP contribution is 2.26. The van der Waals surface area contributed by atoms with Gasteiger partial charge in [0.1, 0.15) is 11.3 Å². The third-order valence-corrected chi connectivity index (χ3v) is 7.62. The Hall–Kier alpha value is -2.80. The summed E-state index contributed by atoms with van der Waals surface area (Å²) in [5.41, 5.74) is 3.61. The molecule has 170 valence electrons. The number of sulfone groups is 1. The minimum Gasteiger partial charge on any atom is -0.494 e. The minimum absolute atomic E-state index is 0.0156. The van der Waals surface area contributed by atoms with Crippen LogP contribution < -0.4 is 4.74 Å². The van der Waals surface area contributed by atoms with Gasteiger partial charge in [-0.05, 0) is 49.6 Å². The second-order valence-electron chi connectivity index (χ2n) is 8.51. The van der Waals surface area contributed by atoms with Crippen molar-refractivity contribution in [1.29, 1.82) is 0 Å². The first-order chi connectivity index (χ1) is 15.3. The molecule has 4 rings (SSSR count). The maximum atomic E-state index is 13.4. The third kappa shape index (κ3) is 5.15. The van der Waals surface area contributed by atoms with E-state index in [1.165, 1.54) is 0 Å². The van der Waals surface area contributed by atoms with Crippen LogP contribution in [0.5, 0.6) is 5.75 Å². The second-order valence-corrected chi connectivity index (χ2v) is 10.7. The molecule has 1 fully saturated rings. The van der Waals surface area contributed by atoms with Gasteiger partial charge in [-0.1, -0.05) is 30.7 Å². The maximum absolute atomic E-state index is 13.4. The average molecular weight is 456 g/mol. The highest BCUT2D eigenvalue weighted by molar-refractivity contribution is 7.91. The molecule has 6 nitrogen and oxygen atoms in total. The van der Waals surface area contributed by atoms with E-state index in [4.69, 9.17) is 9.15 Å². The summed E-state index contributed by atoms with van der Waals surface area (Å²) in [6.45, 7) is 5.07. The van der Waals surface area contributed by atoms with Gasteiger partial charge in [0, 0.05) is 23.5 Å². The number of hydrogen-bond donors (Lipinski definition) is 0. The van der Waals surface area contributed by atoms with Crippen LogP contribution in [0.25, 0.3) is 11.0 Å². The fourth-order valence-corrected chi connectivity index (χ4v) is 5.88. The predicted molar refractivity (Wildman–Crippen MR) is 124 cm³/mol. The van der Waals surface area contributed by atoms with E-state index in [9.17, 15) is 13.2 Å². The Bertz CT molecular complexity index is 1200. The van der Waals surface area contributed by atoms with Gasteiger partial charge >= 0.3 is 0 Å². The first kappa shape index (κ1) is 22.4. The van der Waals surface area contributed by atoms with Gasteiger partial charge in [0.2, 0.25) is 5.91 Å². The van der Waals surface area contributed by atoms with E-state index in [1.807, 2.05) is 49.4 Å². The Morgan fingerprint density at radius 2 is 1.97 bits per heavy atom. The number of amides is 1.